The van der Waals surface area contributed by atoms with Gasteiger partial charge in [0.15, 0.2) is 0 Å². The lowest BCUT2D eigenvalue weighted by Gasteiger charge is -2.30. The Morgan fingerprint density at radius 2 is 1.94 bits per heavy atom. The van der Waals surface area contributed by atoms with Crippen LogP contribution < -0.4 is 5.73 Å². The van der Waals surface area contributed by atoms with Crippen molar-refractivity contribution < 1.29 is 9.90 Å². The van der Waals surface area contributed by atoms with Crippen LogP contribution >= 0.6 is 0 Å². The smallest absolute Gasteiger partial charge is 0.244 e. The summed E-state index contributed by atoms with van der Waals surface area (Å²) < 4.78 is 0. The standard InChI is InChI=1S/C14H22N2O2/c1-4-16(10-14(2,3)18)13(17)12(15)11-8-6-5-7-9-11/h5-9,12,18H,4,10,15H2,1-3H3/t12-/m1/s1. The van der Waals surface area contributed by atoms with Gasteiger partial charge >= 0.3 is 0 Å². The van der Waals surface area contributed by atoms with E-state index in [9.17, 15) is 9.90 Å². The highest BCUT2D eigenvalue weighted by Crippen LogP contribution is 2.14. The van der Waals surface area contributed by atoms with Crippen molar-refractivity contribution in [3.05, 3.63) is 35.9 Å². The predicted molar refractivity (Wildman–Crippen MR) is 71.9 cm³/mol. The molecule has 0 saturated heterocycles. The molecule has 1 aromatic carbocycles. The van der Waals surface area contributed by atoms with E-state index in [-0.39, 0.29) is 12.5 Å². The summed E-state index contributed by atoms with van der Waals surface area (Å²) >= 11 is 0. The molecule has 0 bridgehead atoms. The first-order valence-corrected chi connectivity index (χ1v) is 6.17. The Labute approximate surface area is 108 Å². The molecule has 0 fully saturated rings. The van der Waals surface area contributed by atoms with Gasteiger partial charge in [-0.3, -0.25) is 4.79 Å². The summed E-state index contributed by atoms with van der Waals surface area (Å²) in [6.45, 7) is 6.04. The average molecular weight is 250 g/mol. The highest BCUT2D eigenvalue weighted by Gasteiger charge is 2.25. The fourth-order valence-corrected chi connectivity index (χ4v) is 1.81. The Bertz CT molecular complexity index is 385. The maximum absolute atomic E-state index is 12.2. The van der Waals surface area contributed by atoms with Crippen molar-refractivity contribution in [2.24, 2.45) is 5.73 Å². The molecule has 0 spiro atoms. The Balaban J connectivity index is 2.79. The van der Waals surface area contributed by atoms with Crippen LogP contribution in [0.15, 0.2) is 30.3 Å². The fourth-order valence-electron chi connectivity index (χ4n) is 1.81. The molecule has 0 aliphatic rings. The number of amides is 1. The summed E-state index contributed by atoms with van der Waals surface area (Å²) in [4.78, 5) is 13.8. The van der Waals surface area contributed by atoms with Crippen molar-refractivity contribution in [3.63, 3.8) is 0 Å². The number of carbonyl (C=O) groups excluding carboxylic acids is 1. The summed E-state index contributed by atoms with van der Waals surface area (Å²) in [5, 5.41) is 9.79. The van der Waals surface area contributed by atoms with Crippen molar-refractivity contribution in [1.82, 2.24) is 4.90 Å². The van der Waals surface area contributed by atoms with Crippen LogP contribution in [0.1, 0.15) is 32.4 Å². The molecule has 1 rings (SSSR count). The number of aliphatic hydroxyl groups is 1. The SMILES string of the molecule is CCN(CC(C)(C)O)C(=O)[C@H](N)c1ccccc1. The van der Waals surface area contributed by atoms with Gasteiger partial charge in [0.2, 0.25) is 5.91 Å². The molecule has 1 amide bonds. The molecule has 0 aromatic heterocycles. The number of likely N-dealkylation sites (N-methyl/N-ethyl adjacent to an activating group) is 1. The third-order valence-corrected chi connectivity index (χ3v) is 2.70. The molecule has 100 valence electrons. The normalized spacial score (nSPS) is 13.2. The zero-order valence-electron chi connectivity index (χ0n) is 11.3. The second-order valence-electron chi connectivity index (χ2n) is 5.05. The quantitative estimate of drug-likeness (QED) is 0.828. The van der Waals surface area contributed by atoms with Crippen molar-refractivity contribution in [3.8, 4) is 0 Å². The number of benzene rings is 1. The molecule has 4 nitrogen and oxygen atoms in total. The Kier molecular flexibility index (Phi) is 4.87. The first-order valence-electron chi connectivity index (χ1n) is 6.17. The molecular formula is C14H22N2O2. The minimum Gasteiger partial charge on any atom is -0.389 e. The second-order valence-corrected chi connectivity index (χ2v) is 5.05. The van der Waals surface area contributed by atoms with Crippen molar-refractivity contribution in [1.29, 1.82) is 0 Å². The third-order valence-electron chi connectivity index (χ3n) is 2.70. The summed E-state index contributed by atoms with van der Waals surface area (Å²) in [7, 11) is 0. The van der Waals surface area contributed by atoms with Crippen LogP contribution in [0.5, 0.6) is 0 Å². The largest absolute Gasteiger partial charge is 0.389 e. The van der Waals surface area contributed by atoms with Gasteiger partial charge in [0, 0.05) is 13.1 Å². The highest BCUT2D eigenvalue weighted by molar-refractivity contribution is 5.83. The molecule has 0 unspecified atom stereocenters. The lowest BCUT2D eigenvalue weighted by Crippen LogP contribution is -2.45. The second kappa shape index (κ2) is 5.98. The van der Waals surface area contributed by atoms with Gasteiger partial charge in [-0.1, -0.05) is 30.3 Å². The summed E-state index contributed by atoms with van der Waals surface area (Å²) in [6.07, 6.45) is 0. The van der Waals surface area contributed by atoms with Gasteiger partial charge in [-0.05, 0) is 26.3 Å². The van der Waals surface area contributed by atoms with Gasteiger partial charge in [-0.25, -0.2) is 0 Å². The summed E-state index contributed by atoms with van der Waals surface area (Å²) in [5.74, 6) is -0.161. The van der Waals surface area contributed by atoms with Crippen LogP contribution in [0, 0.1) is 0 Å². The van der Waals surface area contributed by atoms with Crippen LogP contribution in [-0.2, 0) is 4.79 Å². The maximum atomic E-state index is 12.2. The van der Waals surface area contributed by atoms with Crippen molar-refractivity contribution >= 4 is 5.91 Å². The number of nitrogens with two attached hydrogens (primary N) is 1. The van der Waals surface area contributed by atoms with E-state index in [1.165, 1.54) is 0 Å². The van der Waals surface area contributed by atoms with Gasteiger partial charge in [-0.2, -0.15) is 0 Å². The van der Waals surface area contributed by atoms with Gasteiger partial charge in [0.25, 0.3) is 0 Å². The topological polar surface area (TPSA) is 66.6 Å². The average Bonchev–Trinajstić information content (AvgIpc) is 2.34. The maximum Gasteiger partial charge on any atom is 0.244 e. The number of carbonyl (C=O) groups is 1. The van der Waals surface area contributed by atoms with Crippen molar-refractivity contribution in [2.75, 3.05) is 13.1 Å². The number of hydrogen-bond donors (Lipinski definition) is 2. The Hall–Kier alpha value is -1.39. The van der Waals surface area contributed by atoms with Gasteiger partial charge in [-0.15, -0.1) is 0 Å². The first-order chi connectivity index (χ1) is 8.35. The molecule has 18 heavy (non-hydrogen) atoms. The number of hydrogen-bond acceptors (Lipinski definition) is 3. The molecule has 1 atom stereocenters. The zero-order chi connectivity index (χ0) is 13.8. The van der Waals surface area contributed by atoms with Crippen LogP contribution in [0.2, 0.25) is 0 Å². The molecule has 0 aliphatic carbocycles. The highest BCUT2D eigenvalue weighted by atomic mass is 16.3. The van der Waals surface area contributed by atoms with Crippen molar-refractivity contribution in [2.45, 2.75) is 32.4 Å². The van der Waals surface area contributed by atoms with E-state index < -0.39 is 11.6 Å². The fraction of sp³-hybridized carbons (Fsp3) is 0.500. The lowest BCUT2D eigenvalue weighted by atomic mass is 10.0. The van der Waals surface area contributed by atoms with Gasteiger partial charge in [0.1, 0.15) is 6.04 Å². The van der Waals surface area contributed by atoms with E-state index in [4.69, 9.17) is 5.73 Å². The minimum atomic E-state index is -0.915. The molecular weight excluding hydrogens is 228 g/mol. The van der Waals surface area contributed by atoms with E-state index in [1.54, 1.807) is 18.7 Å². The number of rotatable bonds is 5. The molecule has 0 heterocycles. The third kappa shape index (κ3) is 4.13. The van der Waals surface area contributed by atoms with E-state index in [0.717, 1.165) is 5.56 Å². The van der Waals surface area contributed by atoms with Crippen LogP contribution in [-0.4, -0.2) is 34.6 Å². The van der Waals surface area contributed by atoms with Gasteiger partial charge in [0.05, 0.1) is 5.60 Å². The molecule has 0 radical (unpaired) electrons. The Morgan fingerprint density at radius 1 is 1.39 bits per heavy atom. The molecule has 1 aromatic rings. The number of nitrogens with zero attached hydrogens (tertiary/aromatic N) is 1. The zero-order valence-corrected chi connectivity index (χ0v) is 11.3. The van der Waals surface area contributed by atoms with E-state index in [2.05, 4.69) is 0 Å². The van der Waals surface area contributed by atoms with Crippen LogP contribution in [0.25, 0.3) is 0 Å². The van der Waals surface area contributed by atoms with Gasteiger partial charge < -0.3 is 15.7 Å². The van der Waals surface area contributed by atoms with Crippen LogP contribution in [0.3, 0.4) is 0 Å². The monoisotopic (exact) mass is 250 g/mol. The van der Waals surface area contributed by atoms with E-state index >= 15 is 0 Å². The first kappa shape index (κ1) is 14.7. The predicted octanol–water partition coefficient (Wildman–Crippen LogP) is 1.31. The summed E-state index contributed by atoms with van der Waals surface area (Å²) in [6, 6.07) is 8.59. The molecule has 0 aliphatic heterocycles. The molecule has 4 heteroatoms. The Morgan fingerprint density at radius 3 is 2.39 bits per heavy atom. The summed E-state index contributed by atoms with van der Waals surface area (Å²) in [5.41, 5.74) is 5.84. The van der Waals surface area contributed by atoms with E-state index in [0.29, 0.717) is 6.54 Å². The van der Waals surface area contributed by atoms with E-state index in [1.807, 2.05) is 37.3 Å². The lowest BCUT2D eigenvalue weighted by molar-refractivity contribution is -0.135. The van der Waals surface area contributed by atoms with Crippen LogP contribution in [0.4, 0.5) is 0 Å². The molecule has 3 N–H and O–H groups in total. The molecule has 0 saturated carbocycles. The minimum absolute atomic E-state index is 0.161.